The summed E-state index contributed by atoms with van der Waals surface area (Å²) in [6.07, 6.45) is 0.484. The molecule has 0 aliphatic rings. The van der Waals surface area contributed by atoms with Gasteiger partial charge in [0.05, 0.1) is 10.2 Å². The van der Waals surface area contributed by atoms with Crippen LogP contribution in [-0.2, 0) is 11.3 Å². The third-order valence-electron chi connectivity index (χ3n) is 4.72. The Labute approximate surface area is 160 Å². The number of benzene rings is 1. The van der Waals surface area contributed by atoms with Crippen LogP contribution in [0.5, 0.6) is 0 Å². The molecular formula is C20H20N4O2S. The molecule has 0 unspecified atom stereocenters. The van der Waals surface area contributed by atoms with Gasteiger partial charge in [-0.1, -0.05) is 37.3 Å². The zero-order valence-corrected chi connectivity index (χ0v) is 16.0. The first-order valence-electron chi connectivity index (χ1n) is 8.90. The number of amides is 1. The monoisotopic (exact) mass is 380 g/mol. The molecule has 6 nitrogen and oxygen atoms in total. The zero-order chi connectivity index (χ0) is 19.0. The van der Waals surface area contributed by atoms with Crippen molar-refractivity contribution < 1.29 is 4.79 Å². The number of aryl methyl sites for hydroxylation is 1. The van der Waals surface area contributed by atoms with Crippen LogP contribution in [0.15, 0.2) is 52.6 Å². The molecule has 4 aromatic rings. The van der Waals surface area contributed by atoms with E-state index in [9.17, 15) is 9.59 Å². The van der Waals surface area contributed by atoms with Gasteiger partial charge in [-0.2, -0.15) is 5.10 Å². The molecule has 0 spiro atoms. The van der Waals surface area contributed by atoms with Crippen molar-refractivity contribution >= 4 is 33.0 Å². The standard InChI is InChI=1S/C20H20N4O2S/c1-3-15(19(25)21-12-14-7-5-4-6-8-14)24-20(26)17-11-18-16(9-10-27-18)23(17)13(2)22-24/h4-11,15H,3,12H2,1-2H3,(H,21,25)/t15-/m0/s1. The molecule has 0 radical (unpaired) electrons. The van der Waals surface area contributed by atoms with Gasteiger partial charge >= 0.3 is 0 Å². The number of carbonyl (C=O) groups excluding carboxylic acids is 1. The molecule has 0 saturated carbocycles. The lowest BCUT2D eigenvalue weighted by molar-refractivity contribution is -0.125. The van der Waals surface area contributed by atoms with Crippen LogP contribution in [0, 0.1) is 6.92 Å². The second kappa shape index (κ2) is 7.00. The lowest BCUT2D eigenvalue weighted by atomic mass is 10.2. The van der Waals surface area contributed by atoms with Crippen LogP contribution in [-0.4, -0.2) is 20.1 Å². The van der Waals surface area contributed by atoms with Crippen molar-refractivity contribution in [2.75, 3.05) is 0 Å². The fraction of sp³-hybridized carbons (Fsp3) is 0.250. The van der Waals surface area contributed by atoms with Gasteiger partial charge in [-0.3, -0.25) is 14.0 Å². The van der Waals surface area contributed by atoms with E-state index in [-0.39, 0.29) is 11.5 Å². The Morgan fingerprint density at radius 3 is 2.74 bits per heavy atom. The summed E-state index contributed by atoms with van der Waals surface area (Å²) >= 11 is 1.59. The average molecular weight is 380 g/mol. The van der Waals surface area contributed by atoms with Gasteiger partial charge in [0.15, 0.2) is 0 Å². The summed E-state index contributed by atoms with van der Waals surface area (Å²) in [6.45, 7) is 4.17. The Bertz CT molecular complexity index is 1170. The molecule has 0 fully saturated rings. The van der Waals surface area contributed by atoms with E-state index in [2.05, 4.69) is 10.4 Å². The molecule has 3 aromatic heterocycles. The summed E-state index contributed by atoms with van der Waals surface area (Å²) in [6, 6.07) is 12.9. The van der Waals surface area contributed by atoms with Crippen LogP contribution >= 0.6 is 11.3 Å². The van der Waals surface area contributed by atoms with Crippen molar-refractivity contribution in [3.05, 3.63) is 69.6 Å². The van der Waals surface area contributed by atoms with Crippen molar-refractivity contribution in [2.45, 2.75) is 32.9 Å². The first-order valence-corrected chi connectivity index (χ1v) is 9.78. The van der Waals surface area contributed by atoms with Crippen LogP contribution in [0.4, 0.5) is 0 Å². The molecule has 0 aliphatic carbocycles. The maximum atomic E-state index is 13.0. The van der Waals surface area contributed by atoms with Gasteiger partial charge < -0.3 is 5.32 Å². The lowest BCUT2D eigenvalue weighted by Gasteiger charge is -2.18. The van der Waals surface area contributed by atoms with Crippen LogP contribution in [0.1, 0.15) is 30.8 Å². The molecule has 1 atom stereocenters. The molecule has 0 aliphatic heterocycles. The highest BCUT2D eigenvalue weighted by Gasteiger charge is 2.23. The van der Waals surface area contributed by atoms with Crippen molar-refractivity contribution in [2.24, 2.45) is 0 Å². The summed E-state index contributed by atoms with van der Waals surface area (Å²) < 4.78 is 4.23. The van der Waals surface area contributed by atoms with Gasteiger partial charge in [0.1, 0.15) is 17.4 Å². The van der Waals surface area contributed by atoms with Gasteiger partial charge in [-0.05, 0) is 36.4 Å². The highest BCUT2D eigenvalue weighted by atomic mass is 32.1. The van der Waals surface area contributed by atoms with Crippen LogP contribution in [0.2, 0.25) is 0 Å². The number of carbonyl (C=O) groups is 1. The summed E-state index contributed by atoms with van der Waals surface area (Å²) in [4.78, 5) is 25.8. The first-order chi connectivity index (χ1) is 13.1. The predicted molar refractivity (Wildman–Crippen MR) is 107 cm³/mol. The first kappa shape index (κ1) is 17.5. The van der Waals surface area contributed by atoms with E-state index in [1.165, 1.54) is 4.68 Å². The van der Waals surface area contributed by atoms with E-state index in [1.807, 2.05) is 66.1 Å². The van der Waals surface area contributed by atoms with Gasteiger partial charge in [0.25, 0.3) is 5.56 Å². The number of hydrogen-bond acceptors (Lipinski definition) is 4. The average Bonchev–Trinajstić information content (AvgIpc) is 3.26. The fourth-order valence-corrected chi connectivity index (χ4v) is 4.18. The van der Waals surface area contributed by atoms with Gasteiger partial charge in [0, 0.05) is 6.54 Å². The van der Waals surface area contributed by atoms with Crippen molar-refractivity contribution in [3.8, 4) is 0 Å². The molecule has 138 valence electrons. The van der Waals surface area contributed by atoms with Crippen LogP contribution in [0.3, 0.4) is 0 Å². The third kappa shape index (κ3) is 3.04. The number of fused-ring (bicyclic) bond motifs is 3. The SMILES string of the molecule is CC[C@@H](C(=O)NCc1ccccc1)n1nc(C)n2c(cc3sccc32)c1=O. The second-order valence-electron chi connectivity index (χ2n) is 6.46. The molecule has 1 aromatic carbocycles. The van der Waals surface area contributed by atoms with Gasteiger partial charge in [0.2, 0.25) is 5.91 Å². The highest BCUT2D eigenvalue weighted by Crippen LogP contribution is 2.24. The third-order valence-corrected chi connectivity index (χ3v) is 5.57. The number of aromatic nitrogens is 3. The Hall–Kier alpha value is -2.93. The smallest absolute Gasteiger partial charge is 0.291 e. The van der Waals surface area contributed by atoms with E-state index in [0.717, 1.165) is 15.8 Å². The summed E-state index contributed by atoms with van der Waals surface area (Å²) in [5.41, 5.74) is 2.30. The minimum Gasteiger partial charge on any atom is -0.350 e. The number of hydrogen-bond donors (Lipinski definition) is 1. The van der Waals surface area contributed by atoms with E-state index < -0.39 is 6.04 Å². The van der Waals surface area contributed by atoms with Crippen LogP contribution < -0.4 is 10.9 Å². The molecular weight excluding hydrogens is 360 g/mol. The molecule has 27 heavy (non-hydrogen) atoms. The lowest BCUT2D eigenvalue weighted by Crippen LogP contribution is -2.39. The Kier molecular flexibility index (Phi) is 4.53. The Morgan fingerprint density at radius 1 is 1.22 bits per heavy atom. The van der Waals surface area contributed by atoms with Crippen molar-refractivity contribution in [1.29, 1.82) is 0 Å². The van der Waals surface area contributed by atoms with Crippen molar-refractivity contribution in [1.82, 2.24) is 19.5 Å². The molecule has 0 bridgehead atoms. The second-order valence-corrected chi connectivity index (χ2v) is 7.41. The van der Waals surface area contributed by atoms with Gasteiger partial charge in [-0.15, -0.1) is 11.3 Å². The van der Waals surface area contributed by atoms with E-state index in [4.69, 9.17) is 0 Å². The maximum absolute atomic E-state index is 13.0. The van der Waals surface area contributed by atoms with E-state index in [0.29, 0.717) is 24.3 Å². The largest absolute Gasteiger partial charge is 0.350 e. The predicted octanol–water partition coefficient (Wildman–Crippen LogP) is 3.29. The van der Waals surface area contributed by atoms with Gasteiger partial charge in [-0.25, -0.2) is 4.68 Å². The molecule has 4 rings (SSSR count). The summed E-state index contributed by atoms with van der Waals surface area (Å²) in [7, 11) is 0. The van der Waals surface area contributed by atoms with E-state index in [1.54, 1.807) is 11.3 Å². The molecule has 1 N–H and O–H groups in total. The molecule has 7 heteroatoms. The topological polar surface area (TPSA) is 68.4 Å². The maximum Gasteiger partial charge on any atom is 0.291 e. The summed E-state index contributed by atoms with van der Waals surface area (Å²) in [5, 5.41) is 9.38. The molecule has 3 heterocycles. The number of thiophene rings is 1. The van der Waals surface area contributed by atoms with E-state index >= 15 is 0 Å². The molecule has 0 saturated heterocycles. The van der Waals surface area contributed by atoms with Crippen molar-refractivity contribution in [3.63, 3.8) is 0 Å². The van der Waals surface area contributed by atoms with Crippen LogP contribution in [0.25, 0.3) is 15.7 Å². The fourth-order valence-electron chi connectivity index (χ4n) is 3.38. The quantitative estimate of drug-likeness (QED) is 0.578. The Morgan fingerprint density at radius 2 is 2.00 bits per heavy atom. The highest BCUT2D eigenvalue weighted by molar-refractivity contribution is 7.17. The minimum absolute atomic E-state index is 0.201. The number of nitrogens with one attached hydrogen (secondary N) is 1. The summed E-state index contributed by atoms with van der Waals surface area (Å²) in [5.74, 6) is 0.486. The number of rotatable bonds is 5. The molecule has 1 amide bonds. The minimum atomic E-state index is -0.641. The number of nitrogens with zero attached hydrogens (tertiary/aromatic N) is 3. The Balaban J connectivity index is 1.69. The normalized spacial score (nSPS) is 12.5. The zero-order valence-electron chi connectivity index (χ0n) is 15.2.